The predicted octanol–water partition coefficient (Wildman–Crippen LogP) is 5.51. The summed E-state index contributed by atoms with van der Waals surface area (Å²) >= 11 is 0. The highest BCUT2D eigenvalue weighted by Gasteiger charge is 2.37. The number of rotatable bonds is 8. The van der Waals surface area contributed by atoms with Gasteiger partial charge in [-0.25, -0.2) is 8.78 Å². The first-order valence-electron chi connectivity index (χ1n) is 13.0. The Morgan fingerprint density at radius 1 is 0.951 bits per heavy atom. The molecule has 4 aromatic rings. The molecule has 0 bridgehead atoms. The summed E-state index contributed by atoms with van der Waals surface area (Å²) in [6.07, 6.45) is 1.90. The molecule has 1 fully saturated rings. The Kier molecular flexibility index (Phi) is 7.82. The van der Waals surface area contributed by atoms with E-state index < -0.39 is 23.5 Å². The maximum Gasteiger partial charge on any atom is 0.254 e. The second-order valence-corrected chi connectivity index (χ2v) is 9.48. The number of carbonyl (C=O) groups is 2. The standard InChI is InChI=1S/C31H27F2N3O5/c1-3-40-28-17-29(37)35(2)18-24(28)23-16-20(10-12-26(23)41-27-11-9-19(32)15-25(27)33)34-30(38)22-13-14-36(31(22)39)21-7-5-4-6-8-21/h4-12,15-18,22H,3,13-14H2,1-2H3,(H,34,38). The number of pyridine rings is 1. The summed E-state index contributed by atoms with van der Waals surface area (Å²) in [6.45, 7) is 2.44. The molecule has 10 heteroatoms. The molecule has 3 aromatic carbocycles. The molecule has 0 spiro atoms. The van der Waals surface area contributed by atoms with Gasteiger partial charge in [0, 0.05) is 54.4 Å². The summed E-state index contributed by atoms with van der Waals surface area (Å²) in [5.41, 5.74) is 1.57. The first-order valence-corrected chi connectivity index (χ1v) is 13.0. The van der Waals surface area contributed by atoms with E-state index in [0.29, 0.717) is 35.8 Å². The number of halogens is 2. The Bertz CT molecular complexity index is 1670. The molecule has 8 nitrogen and oxygen atoms in total. The molecule has 1 N–H and O–H groups in total. The van der Waals surface area contributed by atoms with Crippen molar-refractivity contribution in [2.45, 2.75) is 13.3 Å². The van der Waals surface area contributed by atoms with Crippen LogP contribution in [0.3, 0.4) is 0 Å². The number of nitrogens with zero attached hydrogens (tertiary/aromatic N) is 2. The van der Waals surface area contributed by atoms with E-state index in [9.17, 15) is 23.2 Å². The van der Waals surface area contributed by atoms with Crippen molar-refractivity contribution in [1.82, 2.24) is 4.57 Å². The number of hydrogen-bond acceptors (Lipinski definition) is 5. The summed E-state index contributed by atoms with van der Waals surface area (Å²) in [7, 11) is 1.57. The fourth-order valence-corrected chi connectivity index (χ4v) is 4.69. The van der Waals surface area contributed by atoms with E-state index in [-0.39, 0.29) is 35.3 Å². The zero-order valence-corrected chi connectivity index (χ0v) is 22.4. The van der Waals surface area contributed by atoms with E-state index >= 15 is 0 Å². The smallest absolute Gasteiger partial charge is 0.254 e. The minimum absolute atomic E-state index is 0.167. The number of hydrogen-bond donors (Lipinski definition) is 1. The van der Waals surface area contributed by atoms with Gasteiger partial charge in [-0.1, -0.05) is 18.2 Å². The highest BCUT2D eigenvalue weighted by Crippen LogP contribution is 2.40. The molecular formula is C31H27F2N3O5. The molecule has 0 saturated carbocycles. The summed E-state index contributed by atoms with van der Waals surface area (Å²) in [4.78, 5) is 40.2. The van der Waals surface area contributed by atoms with Crippen molar-refractivity contribution < 1.29 is 27.8 Å². The van der Waals surface area contributed by atoms with Gasteiger partial charge in [0.05, 0.1) is 6.61 Å². The quantitative estimate of drug-likeness (QED) is 0.288. The SMILES string of the molecule is CCOc1cc(=O)n(C)cc1-c1cc(NC(=O)C2CCN(c3ccccc3)C2=O)ccc1Oc1ccc(F)cc1F. The summed E-state index contributed by atoms with van der Waals surface area (Å²) < 4.78 is 40.9. The molecular weight excluding hydrogens is 532 g/mol. The van der Waals surface area contributed by atoms with Crippen LogP contribution in [-0.4, -0.2) is 29.5 Å². The molecule has 2 amide bonds. The average molecular weight is 560 g/mol. The Balaban J connectivity index is 1.49. The van der Waals surface area contributed by atoms with Crippen LogP contribution >= 0.6 is 0 Å². The topological polar surface area (TPSA) is 89.9 Å². The van der Waals surface area contributed by atoms with Gasteiger partial charge in [0.2, 0.25) is 11.8 Å². The van der Waals surface area contributed by atoms with Crippen LogP contribution in [0.15, 0.2) is 83.8 Å². The number of ether oxygens (including phenoxy) is 2. The van der Waals surface area contributed by atoms with Crippen molar-refractivity contribution in [2.24, 2.45) is 13.0 Å². The second-order valence-electron chi connectivity index (χ2n) is 9.48. The number of benzene rings is 3. The molecule has 5 rings (SSSR count). The van der Waals surface area contributed by atoms with Crippen molar-refractivity contribution >= 4 is 23.2 Å². The third kappa shape index (κ3) is 5.81. The Labute approximate surface area is 234 Å². The molecule has 0 radical (unpaired) electrons. The zero-order valence-electron chi connectivity index (χ0n) is 22.4. The Morgan fingerprint density at radius 3 is 2.44 bits per heavy atom. The number of nitrogens with one attached hydrogen (secondary N) is 1. The zero-order chi connectivity index (χ0) is 29.1. The van der Waals surface area contributed by atoms with Crippen LogP contribution in [0.4, 0.5) is 20.2 Å². The lowest BCUT2D eigenvalue weighted by atomic mass is 10.0. The number of para-hydroxylation sites is 1. The van der Waals surface area contributed by atoms with Crippen LogP contribution in [0.1, 0.15) is 13.3 Å². The van der Waals surface area contributed by atoms with Crippen molar-refractivity contribution in [3.05, 3.63) is 101 Å². The predicted molar refractivity (Wildman–Crippen MR) is 150 cm³/mol. The van der Waals surface area contributed by atoms with Crippen LogP contribution in [0, 0.1) is 17.6 Å². The normalized spacial score (nSPS) is 14.7. The van der Waals surface area contributed by atoms with E-state index in [1.165, 1.54) is 22.8 Å². The Morgan fingerprint density at radius 2 is 1.71 bits per heavy atom. The lowest BCUT2D eigenvalue weighted by molar-refractivity contribution is -0.129. The van der Waals surface area contributed by atoms with Gasteiger partial charge >= 0.3 is 0 Å². The average Bonchev–Trinajstić information content (AvgIpc) is 3.35. The highest BCUT2D eigenvalue weighted by atomic mass is 19.1. The van der Waals surface area contributed by atoms with Gasteiger partial charge in [0.1, 0.15) is 23.2 Å². The van der Waals surface area contributed by atoms with Gasteiger partial charge in [0.15, 0.2) is 11.6 Å². The van der Waals surface area contributed by atoms with Gasteiger partial charge in [-0.05, 0) is 55.8 Å². The van der Waals surface area contributed by atoms with E-state index in [1.54, 1.807) is 37.2 Å². The largest absolute Gasteiger partial charge is 0.493 e. The fourth-order valence-electron chi connectivity index (χ4n) is 4.69. The summed E-state index contributed by atoms with van der Waals surface area (Å²) in [5, 5.41) is 2.81. The molecule has 1 saturated heterocycles. The molecule has 2 heterocycles. The molecule has 1 unspecified atom stereocenters. The van der Waals surface area contributed by atoms with Crippen LogP contribution in [0.5, 0.6) is 17.2 Å². The highest BCUT2D eigenvalue weighted by molar-refractivity contribution is 6.13. The fraction of sp³-hybridized carbons (Fsp3) is 0.194. The van der Waals surface area contributed by atoms with Gasteiger partial charge in [0.25, 0.3) is 5.56 Å². The summed E-state index contributed by atoms with van der Waals surface area (Å²) in [6, 6.07) is 18.1. The van der Waals surface area contributed by atoms with Gasteiger partial charge in [-0.2, -0.15) is 0 Å². The van der Waals surface area contributed by atoms with Gasteiger partial charge in [-0.3, -0.25) is 14.4 Å². The van der Waals surface area contributed by atoms with Crippen LogP contribution in [0.25, 0.3) is 11.1 Å². The molecule has 41 heavy (non-hydrogen) atoms. The first kappa shape index (κ1) is 27.6. The molecule has 1 aliphatic rings. The number of amides is 2. The van der Waals surface area contributed by atoms with Crippen LogP contribution in [-0.2, 0) is 16.6 Å². The molecule has 1 aliphatic heterocycles. The van der Waals surface area contributed by atoms with Gasteiger partial charge < -0.3 is 24.3 Å². The maximum atomic E-state index is 14.5. The third-order valence-electron chi connectivity index (χ3n) is 6.73. The molecule has 210 valence electrons. The number of aromatic nitrogens is 1. The molecule has 1 aromatic heterocycles. The van der Waals surface area contributed by atoms with Crippen molar-refractivity contribution in [2.75, 3.05) is 23.4 Å². The van der Waals surface area contributed by atoms with Crippen molar-refractivity contribution in [3.63, 3.8) is 0 Å². The number of anilines is 2. The lowest BCUT2D eigenvalue weighted by Gasteiger charge is -2.18. The summed E-state index contributed by atoms with van der Waals surface area (Å²) in [5.74, 6) is -3.09. The Hall–Kier alpha value is -4.99. The van der Waals surface area contributed by atoms with E-state index in [4.69, 9.17) is 9.47 Å². The number of carbonyl (C=O) groups excluding carboxylic acids is 2. The second kappa shape index (κ2) is 11.6. The minimum Gasteiger partial charge on any atom is -0.493 e. The van der Waals surface area contributed by atoms with E-state index in [1.807, 2.05) is 30.3 Å². The van der Waals surface area contributed by atoms with Gasteiger partial charge in [-0.15, -0.1) is 0 Å². The number of aryl methyl sites for hydroxylation is 1. The maximum absolute atomic E-state index is 14.5. The van der Waals surface area contributed by atoms with Crippen LogP contribution < -0.4 is 25.2 Å². The molecule has 0 aliphatic carbocycles. The van der Waals surface area contributed by atoms with Crippen LogP contribution in [0.2, 0.25) is 0 Å². The van der Waals surface area contributed by atoms with Crippen molar-refractivity contribution in [1.29, 1.82) is 0 Å². The van der Waals surface area contributed by atoms with E-state index in [2.05, 4.69) is 5.32 Å². The minimum atomic E-state index is -0.901. The first-order chi connectivity index (χ1) is 19.7. The third-order valence-corrected chi connectivity index (χ3v) is 6.73. The van der Waals surface area contributed by atoms with E-state index in [0.717, 1.165) is 11.8 Å². The monoisotopic (exact) mass is 559 g/mol. The lowest BCUT2D eigenvalue weighted by Crippen LogP contribution is -2.33. The van der Waals surface area contributed by atoms with Crippen molar-refractivity contribution in [3.8, 4) is 28.4 Å². The molecule has 1 atom stereocenters.